The maximum atomic E-state index is 12.7. The molecule has 5 heteroatoms. The molecule has 1 aliphatic rings. The van der Waals surface area contributed by atoms with Gasteiger partial charge in [-0.1, -0.05) is 19.1 Å². The van der Waals surface area contributed by atoms with Crippen LogP contribution in [0.2, 0.25) is 0 Å². The SMILES string of the molecule is CCCN1CCC(n2c(=S)[nH]c3ccccc3c2=O)CC1. The summed E-state index contributed by atoms with van der Waals surface area (Å²) in [6, 6.07) is 7.81. The number of hydrogen-bond acceptors (Lipinski definition) is 3. The number of aromatic amines is 1. The highest BCUT2D eigenvalue weighted by molar-refractivity contribution is 7.71. The Labute approximate surface area is 129 Å². The monoisotopic (exact) mass is 303 g/mol. The quantitative estimate of drug-likeness (QED) is 0.886. The van der Waals surface area contributed by atoms with Gasteiger partial charge in [-0.2, -0.15) is 0 Å². The lowest BCUT2D eigenvalue weighted by molar-refractivity contribution is 0.184. The molecule has 2 heterocycles. The van der Waals surface area contributed by atoms with Gasteiger partial charge in [0.15, 0.2) is 4.77 Å². The van der Waals surface area contributed by atoms with E-state index in [1.54, 1.807) is 4.57 Å². The fraction of sp³-hybridized carbons (Fsp3) is 0.500. The maximum absolute atomic E-state index is 12.7. The molecule has 0 amide bonds. The van der Waals surface area contributed by atoms with E-state index < -0.39 is 0 Å². The normalized spacial score (nSPS) is 17.4. The Hall–Kier alpha value is -1.46. The van der Waals surface area contributed by atoms with Crippen molar-refractivity contribution in [2.45, 2.75) is 32.2 Å². The third kappa shape index (κ3) is 2.80. The standard InChI is InChI=1S/C16H21N3OS/c1-2-9-18-10-7-12(8-11-18)19-15(20)13-5-3-4-6-14(13)17-16(19)21/h3-6,12H,2,7-11H2,1H3,(H,17,21). The molecule has 1 aliphatic heterocycles. The van der Waals surface area contributed by atoms with Crippen molar-refractivity contribution in [2.24, 2.45) is 0 Å². The van der Waals surface area contributed by atoms with Gasteiger partial charge in [0.1, 0.15) is 0 Å². The van der Waals surface area contributed by atoms with Crippen molar-refractivity contribution in [1.29, 1.82) is 0 Å². The van der Waals surface area contributed by atoms with Crippen molar-refractivity contribution >= 4 is 23.1 Å². The van der Waals surface area contributed by atoms with Crippen LogP contribution in [-0.4, -0.2) is 34.1 Å². The molecule has 0 aliphatic carbocycles. The predicted molar refractivity (Wildman–Crippen MR) is 88.4 cm³/mol. The van der Waals surface area contributed by atoms with Crippen LogP contribution in [0.5, 0.6) is 0 Å². The molecular formula is C16H21N3OS. The van der Waals surface area contributed by atoms with Crippen molar-refractivity contribution < 1.29 is 0 Å². The van der Waals surface area contributed by atoms with Gasteiger partial charge in [0.05, 0.1) is 10.9 Å². The zero-order valence-corrected chi connectivity index (χ0v) is 13.2. The smallest absolute Gasteiger partial charge is 0.262 e. The average molecular weight is 303 g/mol. The van der Waals surface area contributed by atoms with Gasteiger partial charge in [-0.3, -0.25) is 9.36 Å². The second-order valence-corrected chi connectivity index (χ2v) is 6.11. The first-order valence-electron chi connectivity index (χ1n) is 7.66. The summed E-state index contributed by atoms with van der Waals surface area (Å²) in [6.07, 6.45) is 3.17. The lowest BCUT2D eigenvalue weighted by atomic mass is 10.0. The van der Waals surface area contributed by atoms with Crippen molar-refractivity contribution in [3.8, 4) is 0 Å². The number of hydrogen-bond donors (Lipinski definition) is 1. The van der Waals surface area contributed by atoms with Crippen LogP contribution < -0.4 is 5.56 Å². The number of para-hydroxylation sites is 1. The van der Waals surface area contributed by atoms with E-state index in [0.717, 1.165) is 43.4 Å². The minimum atomic E-state index is 0.0447. The average Bonchev–Trinajstić information content (AvgIpc) is 2.49. The summed E-state index contributed by atoms with van der Waals surface area (Å²) >= 11 is 5.42. The molecule has 1 aromatic carbocycles. The molecule has 1 saturated heterocycles. The summed E-state index contributed by atoms with van der Waals surface area (Å²) in [4.78, 5) is 18.4. The fourth-order valence-corrected chi connectivity index (χ4v) is 3.57. The minimum Gasteiger partial charge on any atom is -0.332 e. The zero-order valence-electron chi connectivity index (χ0n) is 12.3. The molecule has 1 fully saturated rings. The van der Waals surface area contributed by atoms with Gasteiger partial charge in [0.2, 0.25) is 0 Å². The van der Waals surface area contributed by atoms with Crippen LogP contribution in [0, 0.1) is 4.77 Å². The van der Waals surface area contributed by atoms with Crippen LogP contribution in [0.1, 0.15) is 32.2 Å². The second kappa shape index (κ2) is 6.12. The minimum absolute atomic E-state index is 0.0447. The number of piperidine rings is 1. The van der Waals surface area contributed by atoms with Crippen LogP contribution >= 0.6 is 12.2 Å². The molecule has 112 valence electrons. The number of nitrogens with one attached hydrogen (secondary N) is 1. The predicted octanol–water partition coefficient (Wildman–Crippen LogP) is 3.11. The Morgan fingerprint density at radius 1 is 1.29 bits per heavy atom. The molecular weight excluding hydrogens is 282 g/mol. The van der Waals surface area contributed by atoms with Gasteiger partial charge in [0, 0.05) is 19.1 Å². The van der Waals surface area contributed by atoms with Crippen LogP contribution in [0.4, 0.5) is 0 Å². The van der Waals surface area contributed by atoms with Crippen LogP contribution in [0.3, 0.4) is 0 Å². The Kier molecular flexibility index (Phi) is 4.22. The van der Waals surface area contributed by atoms with Gasteiger partial charge in [-0.05, 0) is 50.2 Å². The molecule has 0 bridgehead atoms. The third-order valence-electron chi connectivity index (χ3n) is 4.30. The highest BCUT2D eigenvalue weighted by Gasteiger charge is 2.22. The number of likely N-dealkylation sites (tertiary alicyclic amines) is 1. The molecule has 0 radical (unpaired) electrons. The summed E-state index contributed by atoms with van der Waals surface area (Å²) < 4.78 is 2.34. The molecule has 1 N–H and O–H groups in total. The van der Waals surface area contributed by atoms with E-state index in [9.17, 15) is 4.79 Å². The van der Waals surface area contributed by atoms with Crippen molar-refractivity contribution in [3.05, 3.63) is 39.4 Å². The topological polar surface area (TPSA) is 41.0 Å². The van der Waals surface area contributed by atoms with Crippen molar-refractivity contribution in [1.82, 2.24) is 14.5 Å². The Bertz CT molecular complexity index is 741. The summed E-state index contributed by atoms with van der Waals surface area (Å²) in [5.74, 6) is 0. The van der Waals surface area contributed by atoms with Gasteiger partial charge in [0.25, 0.3) is 5.56 Å². The van der Waals surface area contributed by atoms with E-state index in [4.69, 9.17) is 12.2 Å². The van der Waals surface area contributed by atoms with E-state index in [1.807, 2.05) is 24.3 Å². The Balaban J connectivity index is 1.95. The van der Waals surface area contributed by atoms with E-state index in [2.05, 4.69) is 16.8 Å². The molecule has 0 saturated carbocycles. The van der Waals surface area contributed by atoms with Gasteiger partial charge in [-0.25, -0.2) is 0 Å². The number of fused-ring (bicyclic) bond motifs is 1. The molecule has 0 unspecified atom stereocenters. The van der Waals surface area contributed by atoms with Gasteiger partial charge < -0.3 is 9.88 Å². The number of H-pyrrole nitrogens is 1. The molecule has 2 aromatic rings. The van der Waals surface area contributed by atoms with E-state index in [-0.39, 0.29) is 11.6 Å². The summed E-state index contributed by atoms with van der Waals surface area (Å²) in [5.41, 5.74) is 0.871. The maximum Gasteiger partial charge on any atom is 0.262 e. The van der Waals surface area contributed by atoms with Crippen molar-refractivity contribution in [3.63, 3.8) is 0 Å². The second-order valence-electron chi connectivity index (χ2n) is 5.72. The highest BCUT2D eigenvalue weighted by Crippen LogP contribution is 2.22. The lowest BCUT2D eigenvalue weighted by Crippen LogP contribution is -2.38. The summed E-state index contributed by atoms with van der Waals surface area (Å²) in [7, 11) is 0. The van der Waals surface area contributed by atoms with Crippen LogP contribution in [0.15, 0.2) is 29.1 Å². The van der Waals surface area contributed by atoms with Crippen LogP contribution in [0.25, 0.3) is 10.9 Å². The number of nitrogens with zero attached hydrogens (tertiary/aromatic N) is 2. The van der Waals surface area contributed by atoms with Gasteiger partial charge in [-0.15, -0.1) is 0 Å². The highest BCUT2D eigenvalue weighted by atomic mass is 32.1. The Morgan fingerprint density at radius 3 is 2.71 bits per heavy atom. The molecule has 1 aromatic heterocycles. The molecule has 0 atom stereocenters. The number of rotatable bonds is 3. The van der Waals surface area contributed by atoms with Gasteiger partial charge >= 0.3 is 0 Å². The third-order valence-corrected chi connectivity index (χ3v) is 4.60. The first-order chi connectivity index (χ1) is 10.2. The summed E-state index contributed by atoms with van der Waals surface area (Å²) in [5, 5.41) is 0.724. The van der Waals surface area contributed by atoms with E-state index in [1.165, 1.54) is 6.42 Å². The number of benzene rings is 1. The first kappa shape index (κ1) is 14.5. The zero-order chi connectivity index (χ0) is 14.8. The van der Waals surface area contributed by atoms with Crippen LogP contribution in [-0.2, 0) is 0 Å². The molecule has 3 rings (SSSR count). The fourth-order valence-electron chi connectivity index (χ4n) is 3.23. The largest absolute Gasteiger partial charge is 0.332 e. The molecule has 21 heavy (non-hydrogen) atoms. The summed E-state index contributed by atoms with van der Waals surface area (Å²) in [6.45, 7) is 5.45. The lowest BCUT2D eigenvalue weighted by Gasteiger charge is -2.32. The molecule has 4 nitrogen and oxygen atoms in total. The first-order valence-corrected chi connectivity index (χ1v) is 8.07. The number of aromatic nitrogens is 2. The van der Waals surface area contributed by atoms with E-state index in [0.29, 0.717) is 4.77 Å². The Morgan fingerprint density at radius 2 is 2.00 bits per heavy atom. The molecule has 0 spiro atoms. The van der Waals surface area contributed by atoms with Crippen molar-refractivity contribution in [2.75, 3.05) is 19.6 Å². The van der Waals surface area contributed by atoms with E-state index >= 15 is 0 Å².